The molecular formula is C21H28N6O2. The first-order chi connectivity index (χ1) is 14.1. The second-order valence-electron chi connectivity index (χ2n) is 7.00. The van der Waals surface area contributed by atoms with Crippen molar-refractivity contribution in [2.75, 3.05) is 39.3 Å². The average molecular weight is 396 g/mol. The van der Waals surface area contributed by atoms with Crippen LogP contribution in [0.25, 0.3) is 11.4 Å². The summed E-state index contributed by atoms with van der Waals surface area (Å²) in [7, 11) is 0. The average Bonchev–Trinajstić information content (AvgIpc) is 2.90. The minimum Gasteiger partial charge on any atom is -0.353 e. The largest absolute Gasteiger partial charge is 0.353 e. The van der Waals surface area contributed by atoms with Gasteiger partial charge in [-0.3, -0.25) is 14.6 Å². The third-order valence-electron chi connectivity index (χ3n) is 5.14. The van der Waals surface area contributed by atoms with Gasteiger partial charge in [0.05, 0.1) is 17.8 Å². The smallest absolute Gasteiger partial charge is 0.257 e. The van der Waals surface area contributed by atoms with Crippen molar-refractivity contribution < 1.29 is 9.59 Å². The zero-order chi connectivity index (χ0) is 20.6. The molecule has 0 aromatic carbocycles. The molecule has 2 aromatic rings. The molecule has 0 aliphatic carbocycles. The number of hydrogen-bond acceptors (Lipinski definition) is 6. The van der Waals surface area contributed by atoms with Crippen molar-refractivity contribution in [1.29, 1.82) is 0 Å². The van der Waals surface area contributed by atoms with Gasteiger partial charge < -0.3 is 15.1 Å². The number of aryl methyl sites for hydroxylation is 1. The Hall–Kier alpha value is -2.87. The quantitative estimate of drug-likeness (QED) is 0.725. The predicted octanol–water partition coefficient (Wildman–Crippen LogP) is 1.39. The number of fused-ring (bicyclic) bond motifs is 1. The Bertz CT molecular complexity index is 838. The molecule has 0 bridgehead atoms. The molecule has 3 rings (SSSR count). The second kappa shape index (κ2) is 10.1. The summed E-state index contributed by atoms with van der Waals surface area (Å²) in [5, 5.41) is 2.91. The van der Waals surface area contributed by atoms with Crippen LogP contribution in [0.3, 0.4) is 0 Å². The minimum absolute atomic E-state index is 0.0582. The molecule has 0 fully saturated rings. The van der Waals surface area contributed by atoms with E-state index in [0.29, 0.717) is 30.9 Å². The number of aromatic nitrogens is 3. The van der Waals surface area contributed by atoms with Gasteiger partial charge in [0.1, 0.15) is 0 Å². The Kier molecular flexibility index (Phi) is 7.24. The molecule has 154 valence electrons. The lowest BCUT2D eigenvalue weighted by Gasteiger charge is -2.21. The first-order valence-electron chi connectivity index (χ1n) is 10.2. The molecule has 0 radical (unpaired) electrons. The van der Waals surface area contributed by atoms with Crippen LogP contribution in [0.15, 0.2) is 30.7 Å². The van der Waals surface area contributed by atoms with Crippen LogP contribution in [0, 0.1) is 0 Å². The van der Waals surface area contributed by atoms with E-state index in [9.17, 15) is 9.59 Å². The molecular weight excluding hydrogens is 368 g/mol. The number of nitrogens with zero attached hydrogens (tertiary/aromatic N) is 5. The third kappa shape index (κ3) is 5.35. The number of carbonyl (C=O) groups excluding carboxylic acids is 2. The van der Waals surface area contributed by atoms with Crippen molar-refractivity contribution >= 4 is 11.8 Å². The highest BCUT2D eigenvalue weighted by molar-refractivity contribution is 5.97. The Morgan fingerprint density at radius 2 is 2.00 bits per heavy atom. The molecule has 3 heterocycles. The fourth-order valence-corrected chi connectivity index (χ4v) is 3.41. The summed E-state index contributed by atoms with van der Waals surface area (Å²) in [4.78, 5) is 42.1. The van der Waals surface area contributed by atoms with Gasteiger partial charge in [-0.1, -0.05) is 13.8 Å². The number of amides is 2. The normalized spacial score (nSPS) is 13.9. The van der Waals surface area contributed by atoms with Crippen LogP contribution >= 0.6 is 0 Å². The van der Waals surface area contributed by atoms with Crippen LogP contribution in [0.2, 0.25) is 0 Å². The summed E-state index contributed by atoms with van der Waals surface area (Å²) in [5.41, 5.74) is 2.08. The monoisotopic (exact) mass is 396 g/mol. The van der Waals surface area contributed by atoms with Crippen molar-refractivity contribution in [3.8, 4) is 11.4 Å². The summed E-state index contributed by atoms with van der Waals surface area (Å²) >= 11 is 0. The lowest BCUT2D eigenvalue weighted by molar-refractivity contribution is -0.121. The summed E-state index contributed by atoms with van der Waals surface area (Å²) in [6, 6.07) is 3.68. The van der Waals surface area contributed by atoms with Crippen molar-refractivity contribution in [3.05, 3.63) is 42.0 Å². The minimum atomic E-state index is -0.183. The van der Waals surface area contributed by atoms with Gasteiger partial charge in [-0.25, -0.2) is 9.97 Å². The SMILES string of the molecule is CCN(CC)CCNC(=O)CN1CCCc2nc(-c3ccncc3)ncc2C1=O. The highest BCUT2D eigenvalue weighted by Crippen LogP contribution is 2.20. The van der Waals surface area contributed by atoms with Crippen LogP contribution in [0.5, 0.6) is 0 Å². The molecule has 0 saturated heterocycles. The number of likely N-dealkylation sites (N-methyl/N-ethyl adjacent to an activating group) is 1. The summed E-state index contributed by atoms with van der Waals surface area (Å²) in [6.07, 6.45) is 6.41. The van der Waals surface area contributed by atoms with Gasteiger partial charge in [0, 0.05) is 43.8 Å². The van der Waals surface area contributed by atoms with Gasteiger partial charge in [-0.2, -0.15) is 0 Å². The standard InChI is InChI=1S/C21H28N6O2/c1-3-26(4-2)13-11-23-19(28)15-27-12-5-6-18-17(21(27)29)14-24-20(25-18)16-7-9-22-10-8-16/h7-10,14H,3-6,11-13,15H2,1-2H3,(H,23,28). The Morgan fingerprint density at radius 3 is 2.72 bits per heavy atom. The third-order valence-corrected chi connectivity index (χ3v) is 5.14. The van der Waals surface area contributed by atoms with Gasteiger partial charge in [0.25, 0.3) is 5.91 Å². The van der Waals surface area contributed by atoms with Crippen molar-refractivity contribution in [2.45, 2.75) is 26.7 Å². The van der Waals surface area contributed by atoms with Crippen molar-refractivity contribution in [1.82, 2.24) is 30.1 Å². The van der Waals surface area contributed by atoms with E-state index in [-0.39, 0.29) is 18.4 Å². The maximum atomic E-state index is 12.9. The molecule has 1 N–H and O–H groups in total. The maximum Gasteiger partial charge on any atom is 0.257 e. The lowest BCUT2D eigenvalue weighted by atomic mass is 10.1. The molecule has 2 aromatic heterocycles. The van der Waals surface area contributed by atoms with E-state index in [2.05, 4.69) is 39.0 Å². The van der Waals surface area contributed by atoms with E-state index < -0.39 is 0 Å². The fraction of sp³-hybridized carbons (Fsp3) is 0.476. The Labute approximate surface area is 171 Å². The van der Waals surface area contributed by atoms with Gasteiger partial charge >= 0.3 is 0 Å². The van der Waals surface area contributed by atoms with Gasteiger partial charge in [-0.15, -0.1) is 0 Å². The van der Waals surface area contributed by atoms with Gasteiger partial charge in [-0.05, 0) is 38.1 Å². The van der Waals surface area contributed by atoms with E-state index in [1.807, 2.05) is 12.1 Å². The summed E-state index contributed by atoms with van der Waals surface area (Å²) in [6.45, 7) is 8.08. The highest BCUT2D eigenvalue weighted by Gasteiger charge is 2.26. The molecule has 0 spiro atoms. The van der Waals surface area contributed by atoms with E-state index in [1.165, 1.54) is 0 Å². The molecule has 2 amide bonds. The first kappa shape index (κ1) is 20.9. The van der Waals surface area contributed by atoms with Crippen LogP contribution in [0.1, 0.15) is 36.3 Å². The van der Waals surface area contributed by atoms with E-state index in [4.69, 9.17) is 0 Å². The molecule has 0 atom stereocenters. The van der Waals surface area contributed by atoms with Crippen molar-refractivity contribution in [2.24, 2.45) is 0 Å². The zero-order valence-corrected chi connectivity index (χ0v) is 17.1. The van der Waals surface area contributed by atoms with Crippen molar-refractivity contribution in [3.63, 3.8) is 0 Å². The van der Waals surface area contributed by atoms with Gasteiger partial charge in [0.2, 0.25) is 5.91 Å². The van der Waals surface area contributed by atoms with E-state index in [0.717, 1.165) is 37.3 Å². The number of nitrogens with one attached hydrogen (secondary N) is 1. The van der Waals surface area contributed by atoms with Crippen LogP contribution in [0.4, 0.5) is 0 Å². The predicted molar refractivity (Wildman–Crippen MR) is 110 cm³/mol. The number of hydrogen-bond donors (Lipinski definition) is 1. The van der Waals surface area contributed by atoms with Crippen LogP contribution < -0.4 is 5.32 Å². The van der Waals surface area contributed by atoms with E-state index in [1.54, 1.807) is 23.5 Å². The molecule has 8 nitrogen and oxygen atoms in total. The fourth-order valence-electron chi connectivity index (χ4n) is 3.41. The van der Waals surface area contributed by atoms with E-state index >= 15 is 0 Å². The Balaban J connectivity index is 1.64. The summed E-state index contributed by atoms with van der Waals surface area (Å²) in [5.74, 6) is 0.266. The maximum absolute atomic E-state index is 12.9. The molecule has 0 saturated carbocycles. The lowest BCUT2D eigenvalue weighted by Crippen LogP contribution is -2.43. The molecule has 1 aliphatic heterocycles. The number of rotatable bonds is 8. The molecule has 1 aliphatic rings. The number of pyridine rings is 1. The number of carbonyl (C=O) groups is 2. The molecule has 0 unspecified atom stereocenters. The van der Waals surface area contributed by atoms with Crippen LogP contribution in [-0.4, -0.2) is 75.8 Å². The highest BCUT2D eigenvalue weighted by atomic mass is 16.2. The molecule has 29 heavy (non-hydrogen) atoms. The molecule has 8 heteroatoms. The second-order valence-corrected chi connectivity index (χ2v) is 7.00. The van der Waals surface area contributed by atoms with Crippen LogP contribution in [-0.2, 0) is 11.2 Å². The summed E-state index contributed by atoms with van der Waals surface area (Å²) < 4.78 is 0. The van der Waals surface area contributed by atoms with Gasteiger partial charge in [0.15, 0.2) is 5.82 Å². The Morgan fingerprint density at radius 1 is 1.24 bits per heavy atom. The topological polar surface area (TPSA) is 91.3 Å². The first-order valence-corrected chi connectivity index (χ1v) is 10.2. The zero-order valence-electron chi connectivity index (χ0n) is 17.1.